The topological polar surface area (TPSA) is 139 Å². The van der Waals surface area contributed by atoms with Crippen molar-refractivity contribution in [3.63, 3.8) is 0 Å². The minimum Gasteiger partial charge on any atom is -0.394 e. The number of nitrogens with zero attached hydrogens (tertiary/aromatic N) is 1. The van der Waals surface area contributed by atoms with E-state index < -0.39 is 24.9 Å². The lowest BCUT2D eigenvalue weighted by Gasteiger charge is -2.29. The smallest absolute Gasteiger partial charge is 0.251 e. The molecule has 3 atom stereocenters. The van der Waals surface area contributed by atoms with E-state index in [1.165, 1.54) is 0 Å². The first-order chi connectivity index (χ1) is 13.9. The standard InChI is InChI=1S/C21H37N3O5/c1-2-3-4-5-11-24(14-18(26)20(28)19(27)15-25)12-10-23-21(29)17-8-6-16(13-22)7-9-17/h6-9,18-20,25-28H,2-5,10-15,22H2,1H3,(H,23,29)/t18-,19?,20+/m0/s1. The zero-order valence-electron chi connectivity index (χ0n) is 17.3. The summed E-state index contributed by atoms with van der Waals surface area (Å²) in [5.74, 6) is -0.184. The fourth-order valence-electron chi connectivity index (χ4n) is 3.02. The second-order valence-electron chi connectivity index (χ2n) is 7.33. The van der Waals surface area contributed by atoms with Crippen LogP contribution in [-0.2, 0) is 6.54 Å². The number of hydrogen-bond acceptors (Lipinski definition) is 7. The van der Waals surface area contributed by atoms with Gasteiger partial charge in [-0.05, 0) is 30.7 Å². The van der Waals surface area contributed by atoms with Crippen LogP contribution in [0.3, 0.4) is 0 Å². The summed E-state index contributed by atoms with van der Waals surface area (Å²) in [5.41, 5.74) is 7.07. The first-order valence-corrected chi connectivity index (χ1v) is 10.4. The number of rotatable bonds is 15. The summed E-state index contributed by atoms with van der Waals surface area (Å²) >= 11 is 0. The predicted octanol–water partition coefficient (Wildman–Crippen LogP) is -0.168. The van der Waals surface area contributed by atoms with Crippen LogP contribution in [0, 0.1) is 0 Å². The van der Waals surface area contributed by atoms with Crippen molar-refractivity contribution < 1.29 is 25.2 Å². The van der Waals surface area contributed by atoms with E-state index >= 15 is 0 Å². The lowest BCUT2D eigenvalue weighted by molar-refractivity contribution is -0.0840. The molecule has 0 radical (unpaired) electrons. The molecule has 166 valence electrons. The molecule has 0 saturated carbocycles. The van der Waals surface area contributed by atoms with E-state index in [0.717, 1.165) is 31.2 Å². The zero-order valence-corrected chi connectivity index (χ0v) is 17.3. The van der Waals surface area contributed by atoms with E-state index in [2.05, 4.69) is 12.2 Å². The Bertz CT molecular complexity index is 570. The Morgan fingerprint density at radius 3 is 2.34 bits per heavy atom. The van der Waals surface area contributed by atoms with Crippen LogP contribution >= 0.6 is 0 Å². The summed E-state index contributed by atoms with van der Waals surface area (Å²) in [7, 11) is 0. The van der Waals surface area contributed by atoms with Crippen LogP contribution in [0.15, 0.2) is 24.3 Å². The molecular formula is C21H37N3O5. The van der Waals surface area contributed by atoms with Crippen LogP contribution in [0.1, 0.15) is 48.5 Å². The van der Waals surface area contributed by atoms with Gasteiger partial charge in [-0.1, -0.05) is 38.3 Å². The number of aliphatic hydroxyl groups is 4. The summed E-state index contributed by atoms with van der Waals surface area (Å²) in [6.45, 7) is 3.67. The highest BCUT2D eigenvalue weighted by atomic mass is 16.4. The van der Waals surface area contributed by atoms with Gasteiger partial charge >= 0.3 is 0 Å². The first-order valence-electron chi connectivity index (χ1n) is 10.4. The van der Waals surface area contributed by atoms with E-state index in [0.29, 0.717) is 31.7 Å². The SMILES string of the molecule is CCCCCCN(CCNC(=O)c1ccc(CN)cc1)C[C@H](O)[C@@H](O)C(O)CO. The average molecular weight is 412 g/mol. The van der Waals surface area contributed by atoms with Crippen LogP contribution in [0.5, 0.6) is 0 Å². The predicted molar refractivity (Wildman–Crippen MR) is 112 cm³/mol. The Kier molecular flexibility index (Phi) is 12.7. The molecule has 8 heteroatoms. The van der Waals surface area contributed by atoms with Crippen molar-refractivity contribution in [2.24, 2.45) is 5.73 Å². The quantitative estimate of drug-likeness (QED) is 0.220. The largest absolute Gasteiger partial charge is 0.394 e. The molecule has 0 aliphatic heterocycles. The van der Waals surface area contributed by atoms with Crippen molar-refractivity contribution in [2.75, 3.05) is 32.8 Å². The first kappa shape index (κ1) is 25.5. The molecule has 1 amide bonds. The Balaban J connectivity index is 2.54. The van der Waals surface area contributed by atoms with Gasteiger partial charge in [-0.25, -0.2) is 0 Å². The molecule has 0 aliphatic rings. The van der Waals surface area contributed by atoms with Gasteiger partial charge in [0, 0.05) is 31.7 Å². The van der Waals surface area contributed by atoms with E-state index in [1.54, 1.807) is 12.1 Å². The van der Waals surface area contributed by atoms with Crippen LogP contribution in [-0.4, -0.2) is 82.3 Å². The number of carbonyl (C=O) groups excluding carboxylic acids is 1. The molecule has 1 aromatic carbocycles. The fourth-order valence-corrected chi connectivity index (χ4v) is 3.02. The van der Waals surface area contributed by atoms with Crippen molar-refractivity contribution in [3.8, 4) is 0 Å². The maximum atomic E-state index is 12.3. The van der Waals surface area contributed by atoms with Crippen molar-refractivity contribution in [2.45, 2.75) is 57.5 Å². The van der Waals surface area contributed by atoms with Gasteiger partial charge in [0.05, 0.1) is 12.7 Å². The lowest BCUT2D eigenvalue weighted by atomic mass is 10.1. The Labute approximate surface area is 173 Å². The molecule has 0 aliphatic carbocycles. The van der Waals surface area contributed by atoms with Crippen LogP contribution in [0.25, 0.3) is 0 Å². The number of unbranched alkanes of at least 4 members (excludes halogenated alkanes) is 3. The molecule has 0 spiro atoms. The summed E-state index contributed by atoms with van der Waals surface area (Å²) in [4.78, 5) is 14.2. The third kappa shape index (κ3) is 9.66. The van der Waals surface area contributed by atoms with Crippen LogP contribution in [0.2, 0.25) is 0 Å². The molecule has 1 unspecified atom stereocenters. The van der Waals surface area contributed by atoms with Gasteiger partial charge in [0.15, 0.2) is 0 Å². The number of amides is 1. The maximum absolute atomic E-state index is 12.3. The minimum absolute atomic E-state index is 0.144. The van der Waals surface area contributed by atoms with E-state index in [1.807, 2.05) is 17.0 Å². The van der Waals surface area contributed by atoms with Gasteiger partial charge in [0.1, 0.15) is 12.2 Å². The van der Waals surface area contributed by atoms with Crippen LogP contribution in [0.4, 0.5) is 0 Å². The van der Waals surface area contributed by atoms with Gasteiger partial charge in [-0.15, -0.1) is 0 Å². The maximum Gasteiger partial charge on any atom is 0.251 e. The monoisotopic (exact) mass is 411 g/mol. The van der Waals surface area contributed by atoms with Crippen molar-refractivity contribution in [1.29, 1.82) is 0 Å². The molecule has 29 heavy (non-hydrogen) atoms. The Hall–Kier alpha value is -1.55. The second kappa shape index (κ2) is 14.4. The highest BCUT2D eigenvalue weighted by Crippen LogP contribution is 2.07. The van der Waals surface area contributed by atoms with Crippen molar-refractivity contribution >= 4 is 5.91 Å². The summed E-state index contributed by atoms with van der Waals surface area (Å²) in [5, 5.41) is 41.4. The Morgan fingerprint density at radius 2 is 1.76 bits per heavy atom. The third-order valence-electron chi connectivity index (χ3n) is 4.91. The van der Waals surface area contributed by atoms with E-state index in [9.17, 15) is 20.1 Å². The van der Waals surface area contributed by atoms with Gasteiger partial charge in [-0.2, -0.15) is 0 Å². The number of aliphatic hydroxyl groups excluding tert-OH is 4. The molecule has 0 fully saturated rings. The number of carbonyl (C=O) groups is 1. The average Bonchev–Trinajstić information content (AvgIpc) is 2.75. The van der Waals surface area contributed by atoms with Crippen molar-refractivity contribution in [1.82, 2.24) is 10.2 Å². The van der Waals surface area contributed by atoms with Gasteiger partial charge in [-0.3, -0.25) is 9.69 Å². The lowest BCUT2D eigenvalue weighted by Crippen LogP contribution is -2.47. The summed E-state index contributed by atoms with van der Waals surface area (Å²) in [6.07, 6.45) is 0.235. The molecule has 7 N–H and O–H groups in total. The van der Waals surface area contributed by atoms with Crippen LogP contribution < -0.4 is 11.1 Å². The van der Waals surface area contributed by atoms with Crippen molar-refractivity contribution in [3.05, 3.63) is 35.4 Å². The molecule has 0 aromatic heterocycles. The fraction of sp³-hybridized carbons (Fsp3) is 0.667. The number of nitrogens with one attached hydrogen (secondary N) is 1. The number of nitrogens with two attached hydrogens (primary N) is 1. The summed E-state index contributed by atoms with van der Waals surface area (Å²) < 4.78 is 0. The summed E-state index contributed by atoms with van der Waals surface area (Å²) in [6, 6.07) is 7.10. The third-order valence-corrected chi connectivity index (χ3v) is 4.91. The minimum atomic E-state index is -1.42. The normalized spacial score (nSPS) is 14.6. The highest BCUT2D eigenvalue weighted by Gasteiger charge is 2.25. The highest BCUT2D eigenvalue weighted by molar-refractivity contribution is 5.94. The molecular weight excluding hydrogens is 374 g/mol. The van der Waals surface area contributed by atoms with E-state index in [4.69, 9.17) is 10.8 Å². The van der Waals surface area contributed by atoms with Gasteiger partial charge < -0.3 is 31.5 Å². The molecule has 8 nitrogen and oxygen atoms in total. The molecule has 0 saturated heterocycles. The van der Waals surface area contributed by atoms with Gasteiger partial charge in [0.2, 0.25) is 0 Å². The molecule has 0 heterocycles. The number of hydrogen-bond donors (Lipinski definition) is 6. The zero-order chi connectivity index (χ0) is 21.6. The van der Waals surface area contributed by atoms with Gasteiger partial charge in [0.25, 0.3) is 5.91 Å². The molecule has 1 rings (SSSR count). The molecule has 1 aromatic rings. The Morgan fingerprint density at radius 1 is 1.07 bits per heavy atom. The van der Waals surface area contributed by atoms with E-state index in [-0.39, 0.29) is 12.5 Å². The number of benzene rings is 1. The second-order valence-corrected chi connectivity index (χ2v) is 7.33. The molecule has 0 bridgehead atoms.